The molecular formula is C34H33F2N7O13P2S. The summed E-state index contributed by atoms with van der Waals surface area (Å²) in [5.74, 6) is -0.530. The Kier molecular flexibility index (Phi) is 11.4. The van der Waals surface area contributed by atoms with E-state index >= 15 is 8.78 Å². The summed E-state index contributed by atoms with van der Waals surface area (Å²) in [6.45, 7) is -4.63. The molecule has 3 saturated heterocycles. The summed E-state index contributed by atoms with van der Waals surface area (Å²) in [5, 5.41) is 0. The predicted octanol–water partition coefficient (Wildman–Crippen LogP) is 3.92. The number of nitrogens with two attached hydrogens (primary N) is 1. The molecule has 3 fully saturated rings. The number of halogens is 2. The van der Waals surface area contributed by atoms with Crippen molar-refractivity contribution in [1.82, 2.24) is 29.1 Å². The van der Waals surface area contributed by atoms with Crippen molar-refractivity contribution in [1.29, 1.82) is 0 Å². The summed E-state index contributed by atoms with van der Waals surface area (Å²) >= 11 is 0.571. The number of phosphoric ester groups is 1. The van der Waals surface area contributed by atoms with Crippen molar-refractivity contribution in [3.05, 3.63) is 111 Å². The first-order valence-corrected chi connectivity index (χ1v) is 22.2. The van der Waals surface area contributed by atoms with Crippen LogP contribution >= 0.6 is 26.0 Å². The Balaban J connectivity index is 1.09. The van der Waals surface area contributed by atoms with Gasteiger partial charge in [-0.25, -0.2) is 42.5 Å². The van der Waals surface area contributed by atoms with Gasteiger partial charge in [-0.1, -0.05) is 29.8 Å². The van der Waals surface area contributed by atoms with Gasteiger partial charge < -0.3 is 24.8 Å². The third kappa shape index (κ3) is 8.67. The lowest BCUT2D eigenvalue weighted by atomic mass is 10.1. The van der Waals surface area contributed by atoms with Crippen molar-refractivity contribution >= 4 is 49.0 Å². The molecule has 2 unspecified atom stereocenters. The molecule has 10 atom stereocenters. The Hall–Kier alpha value is -4.67. The third-order valence-electron chi connectivity index (χ3n) is 9.43. The number of carbonyl (C=O) groups is 1. The van der Waals surface area contributed by atoms with Gasteiger partial charge in [-0.3, -0.25) is 37.0 Å². The van der Waals surface area contributed by atoms with Gasteiger partial charge in [-0.2, -0.15) is 0 Å². The van der Waals surface area contributed by atoms with E-state index in [1.54, 1.807) is 36.4 Å². The maximum Gasteiger partial charge on any atom is 0.472 e. The van der Waals surface area contributed by atoms with Crippen molar-refractivity contribution in [3.63, 3.8) is 0 Å². The molecule has 8 rings (SSSR count). The Morgan fingerprint density at radius 3 is 2.41 bits per heavy atom. The van der Waals surface area contributed by atoms with E-state index in [4.69, 9.17) is 38.0 Å². The molecule has 20 nitrogen and oxygen atoms in total. The van der Waals surface area contributed by atoms with E-state index in [1.165, 1.54) is 12.1 Å². The van der Waals surface area contributed by atoms with Gasteiger partial charge >= 0.3 is 26.3 Å². The molecule has 0 amide bonds. The van der Waals surface area contributed by atoms with Crippen molar-refractivity contribution in [2.75, 3.05) is 18.9 Å². The summed E-state index contributed by atoms with van der Waals surface area (Å²) < 4.78 is 102. The van der Waals surface area contributed by atoms with Gasteiger partial charge in [-0.05, 0) is 48.1 Å². The number of nitrogen functional groups attached to an aromatic ring is 1. The average Bonchev–Trinajstić information content (AvgIpc) is 3.86. The van der Waals surface area contributed by atoms with Crippen LogP contribution in [0.25, 0.3) is 11.2 Å². The first-order chi connectivity index (χ1) is 28.2. The lowest BCUT2D eigenvalue weighted by Crippen LogP contribution is -2.37. The monoisotopic (exact) mass is 879 g/mol. The van der Waals surface area contributed by atoms with Gasteiger partial charge in [-0.15, -0.1) is 0 Å². The van der Waals surface area contributed by atoms with Crippen LogP contribution in [0, 0.1) is 6.92 Å². The predicted molar refractivity (Wildman–Crippen MR) is 202 cm³/mol. The molecule has 3 aliphatic heterocycles. The number of carbonyl (C=O) groups excluding carboxylic acids is 1. The number of aromatic amines is 1. The molecule has 2 bridgehead atoms. The highest BCUT2D eigenvalue weighted by atomic mass is 32.7. The van der Waals surface area contributed by atoms with Crippen molar-refractivity contribution in [2.45, 2.75) is 61.9 Å². The van der Waals surface area contributed by atoms with Crippen molar-refractivity contribution in [2.24, 2.45) is 0 Å². The Morgan fingerprint density at radius 2 is 1.66 bits per heavy atom. The molecule has 5 aromatic rings. The fraction of sp³-hybridized carbons (Fsp3) is 0.353. The normalized spacial score (nSPS) is 31.2. The third-order valence-corrected chi connectivity index (χ3v) is 14.1. The number of rotatable bonds is 7. The van der Waals surface area contributed by atoms with Gasteiger partial charge in [0.2, 0.25) is 0 Å². The summed E-state index contributed by atoms with van der Waals surface area (Å²) in [5.41, 5.74) is 6.03. The highest BCUT2D eigenvalue weighted by Crippen LogP contribution is 2.65. The molecule has 0 saturated carbocycles. The Labute approximate surface area is 334 Å². The number of fused-ring (bicyclic) bond motifs is 4. The van der Waals surface area contributed by atoms with E-state index in [2.05, 4.69) is 15.0 Å². The lowest BCUT2D eigenvalue weighted by Gasteiger charge is -2.27. The van der Waals surface area contributed by atoms with Gasteiger partial charge in [0.25, 0.3) is 5.56 Å². The Bertz CT molecular complexity index is 2580. The highest BCUT2D eigenvalue weighted by Gasteiger charge is 2.55. The number of aromatic nitrogens is 6. The van der Waals surface area contributed by atoms with Crippen LogP contribution < -0.4 is 21.7 Å². The van der Waals surface area contributed by atoms with Crippen LogP contribution in [-0.2, 0) is 42.5 Å². The summed E-state index contributed by atoms with van der Waals surface area (Å²) in [4.78, 5) is 62.1. The quantitative estimate of drug-likeness (QED) is 0.119. The fourth-order valence-corrected chi connectivity index (χ4v) is 10.8. The van der Waals surface area contributed by atoms with Crippen molar-refractivity contribution in [3.8, 4) is 5.75 Å². The SMILES string of the molecule is Cc1ccc(C(=O)Oc2ccc(CSP3(=O)OC[C@H]4O[C@@H](n5cnc6c(N)ncnc65)[C@H](F)[C@@H]4OP(=O)(O)OC[C@H]4O[C@@H](n5ccc(=O)[nH]c5=O)[C@H](O3)[C@@H]4F)cc2)cc1. The number of benzene rings is 2. The zero-order chi connectivity index (χ0) is 41.6. The van der Waals surface area contributed by atoms with E-state index in [-0.39, 0.29) is 28.5 Å². The largest absolute Gasteiger partial charge is 0.472 e. The van der Waals surface area contributed by atoms with Crippen LogP contribution in [0.4, 0.5) is 14.6 Å². The first kappa shape index (κ1) is 41.1. The molecule has 312 valence electrons. The molecular weight excluding hydrogens is 846 g/mol. The van der Waals surface area contributed by atoms with Crippen LogP contribution in [0.5, 0.6) is 5.75 Å². The number of ether oxygens (including phenoxy) is 3. The van der Waals surface area contributed by atoms with Gasteiger partial charge in [0.1, 0.15) is 42.0 Å². The van der Waals surface area contributed by atoms with Gasteiger partial charge in [0.15, 0.2) is 36.3 Å². The number of H-pyrrole nitrogens is 1. The van der Waals surface area contributed by atoms with Gasteiger partial charge in [0, 0.05) is 18.0 Å². The Morgan fingerprint density at radius 1 is 0.932 bits per heavy atom. The minimum absolute atomic E-state index is 0.0176. The lowest BCUT2D eigenvalue weighted by molar-refractivity contribution is -0.0635. The van der Waals surface area contributed by atoms with E-state index in [0.717, 1.165) is 39.6 Å². The number of anilines is 1. The number of alkyl halides is 2. The fourth-order valence-electron chi connectivity index (χ4n) is 6.45. The maximum absolute atomic E-state index is 16.4. The molecule has 6 heterocycles. The van der Waals surface area contributed by atoms with Crippen LogP contribution in [0.15, 0.2) is 83.0 Å². The molecule has 59 heavy (non-hydrogen) atoms. The standard InChI is InChI=1S/C34H33F2N7O13P2S/c1-17-2-6-19(7-3-17)33(45)52-20-8-4-18(5-9-20)14-59-58(49)51-13-22-27(25(36)31(54-22)43-16-40-26-29(37)38-15-39-30(26)43)55-57(47,48)50-12-21-24(35)28(56-58)32(53-21)42-11-10-23(44)41-34(42)46/h2-11,15-16,21-22,24-25,27-28,31-32H,12-14H2,1H3,(H,47,48)(H2,37,38,39)(H,41,44,46)/t21-,22-,24-,25-,27-,28-,31-,32-,58?/m1/s1. The molecule has 0 aliphatic carbocycles. The van der Waals surface area contributed by atoms with Crippen LogP contribution in [-0.4, -0.2) is 89.9 Å². The first-order valence-electron chi connectivity index (χ1n) is 17.6. The second-order valence-electron chi connectivity index (χ2n) is 13.4. The smallest absolute Gasteiger partial charge is 0.423 e. The number of esters is 1. The van der Waals surface area contributed by atoms with Crippen LogP contribution in [0.2, 0.25) is 0 Å². The summed E-state index contributed by atoms with van der Waals surface area (Å²) in [6, 6.07) is 13.9. The number of hydrogen-bond donors (Lipinski definition) is 3. The number of nitrogens with one attached hydrogen (secondary N) is 1. The molecule has 4 N–H and O–H groups in total. The summed E-state index contributed by atoms with van der Waals surface area (Å²) in [7, 11) is -5.26. The topological polar surface area (TPSA) is 261 Å². The molecule has 0 radical (unpaired) electrons. The summed E-state index contributed by atoms with van der Waals surface area (Å²) in [6.07, 6.45) is -11.8. The zero-order valence-corrected chi connectivity index (χ0v) is 33.0. The molecule has 3 aliphatic rings. The number of nitrogens with zero attached hydrogens (tertiary/aromatic N) is 5. The van der Waals surface area contributed by atoms with Gasteiger partial charge in [0.05, 0.1) is 25.1 Å². The number of phosphoric acid groups is 1. The molecule has 25 heteroatoms. The second kappa shape index (κ2) is 16.4. The van der Waals surface area contributed by atoms with E-state index in [9.17, 15) is 28.4 Å². The van der Waals surface area contributed by atoms with Crippen LogP contribution in [0.1, 0.15) is 33.9 Å². The van der Waals surface area contributed by atoms with Crippen molar-refractivity contribution < 1.29 is 59.9 Å². The van der Waals surface area contributed by atoms with E-state index < -0.39 is 94.3 Å². The van der Waals surface area contributed by atoms with E-state index in [1.807, 2.05) is 11.9 Å². The molecule has 0 spiro atoms. The highest BCUT2D eigenvalue weighted by molar-refractivity contribution is 8.54. The number of aryl methyl sites for hydroxylation is 1. The zero-order valence-electron chi connectivity index (χ0n) is 30.4. The minimum atomic E-state index is -5.26. The molecule has 3 aromatic heterocycles. The van der Waals surface area contributed by atoms with E-state index in [0.29, 0.717) is 22.5 Å². The number of imidazole rings is 1. The molecule has 2 aromatic carbocycles. The number of hydrogen-bond acceptors (Lipinski definition) is 17. The second-order valence-corrected chi connectivity index (χ2v) is 18.9. The maximum atomic E-state index is 16.4. The minimum Gasteiger partial charge on any atom is -0.423 e. The van der Waals surface area contributed by atoms with Crippen LogP contribution in [0.3, 0.4) is 0 Å². The average molecular weight is 880 g/mol.